The number of thiophene rings is 1. The van der Waals surface area contributed by atoms with Gasteiger partial charge in [-0.05, 0) is 175 Å². The molecule has 5 aromatic carbocycles. The first kappa shape index (κ1) is 41.7. The Bertz CT molecular complexity index is 2850. The quantitative estimate of drug-likeness (QED) is 0.160. The molecule has 0 spiro atoms. The molecule has 0 saturated heterocycles. The van der Waals surface area contributed by atoms with Gasteiger partial charge in [0.05, 0.1) is 5.00 Å². The molecule has 0 unspecified atom stereocenters. The van der Waals surface area contributed by atoms with Crippen LogP contribution in [-0.4, -0.2) is 6.71 Å². The highest BCUT2D eigenvalue weighted by Gasteiger charge is 2.49. The number of fused-ring (bicyclic) bond motifs is 8. The molecular formula is C58H69BN2S. The first-order valence-corrected chi connectivity index (χ1v) is 24.4. The van der Waals surface area contributed by atoms with Gasteiger partial charge in [-0.3, -0.25) is 0 Å². The van der Waals surface area contributed by atoms with Gasteiger partial charge in [0, 0.05) is 33.1 Å². The van der Waals surface area contributed by atoms with Crippen molar-refractivity contribution in [1.82, 2.24) is 0 Å². The number of aryl methyl sites for hydroxylation is 2. The van der Waals surface area contributed by atoms with Crippen molar-refractivity contribution in [2.24, 2.45) is 0 Å². The van der Waals surface area contributed by atoms with Gasteiger partial charge in [0.2, 0.25) is 0 Å². The molecule has 320 valence electrons. The first-order chi connectivity index (χ1) is 28.8. The van der Waals surface area contributed by atoms with E-state index in [-0.39, 0.29) is 39.2 Å². The van der Waals surface area contributed by atoms with Gasteiger partial charge in [-0.25, -0.2) is 0 Å². The van der Waals surface area contributed by atoms with E-state index in [1.54, 1.807) is 0 Å². The summed E-state index contributed by atoms with van der Waals surface area (Å²) in [5.41, 5.74) is 22.8. The van der Waals surface area contributed by atoms with E-state index in [0.717, 1.165) is 0 Å². The third kappa shape index (κ3) is 6.15. The van der Waals surface area contributed by atoms with E-state index in [1.165, 1.54) is 130 Å². The summed E-state index contributed by atoms with van der Waals surface area (Å²) in [6.07, 6.45) is 4.78. The maximum Gasteiger partial charge on any atom is 0.254 e. The monoisotopic (exact) mass is 837 g/mol. The molecule has 0 radical (unpaired) electrons. The minimum absolute atomic E-state index is 0.0688. The highest BCUT2D eigenvalue weighted by atomic mass is 32.1. The van der Waals surface area contributed by atoms with Crippen molar-refractivity contribution in [3.05, 3.63) is 123 Å². The topological polar surface area (TPSA) is 6.48 Å². The number of hydrogen-bond donors (Lipinski definition) is 0. The second-order valence-electron chi connectivity index (χ2n) is 24.6. The minimum atomic E-state index is -0.0783. The van der Waals surface area contributed by atoms with E-state index in [2.05, 4.69) is 199 Å². The van der Waals surface area contributed by atoms with Gasteiger partial charge < -0.3 is 9.80 Å². The van der Waals surface area contributed by atoms with Crippen LogP contribution in [0.4, 0.5) is 33.4 Å². The molecule has 10 rings (SSSR count). The zero-order chi connectivity index (χ0) is 44.4. The standard InChI is InChI=1S/C58H69BN2S/c1-34-17-22-49-39(27-34)50-52(62-49)60(38-20-18-36(19-21-38)53(3,4)5)47-29-37(54(6,7)8)30-48-51(47)59(50)44-31-41-43(58(15,16)26-24-56(41,11)12)33-46(44)61(48)45-32-42-40(28-35(45)2)55(9,10)23-25-57(42,13)14/h17-22,27-33H,23-26H2,1-16H3. The highest BCUT2D eigenvalue weighted by molar-refractivity contribution is 7.26. The Morgan fingerprint density at radius 2 is 1.00 bits per heavy atom. The van der Waals surface area contributed by atoms with Crippen LogP contribution < -0.4 is 26.2 Å². The van der Waals surface area contributed by atoms with Gasteiger partial charge in [-0.1, -0.05) is 139 Å². The molecule has 0 fully saturated rings. The summed E-state index contributed by atoms with van der Waals surface area (Å²) in [7, 11) is 0. The van der Waals surface area contributed by atoms with E-state index in [4.69, 9.17) is 0 Å². The third-order valence-corrected chi connectivity index (χ3v) is 17.3. The third-order valence-electron chi connectivity index (χ3n) is 16.1. The molecule has 4 heteroatoms. The summed E-state index contributed by atoms with van der Waals surface area (Å²) < 4.78 is 1.36. The maximum absolute atomic E-state index is 2.76. The van der Waals surface area contributed by atoms with E-state index in [1.807, 2.05) is 11.3 Å². The van der Waals surface area contributed by atoms with Crippen molar-refractivity contribution in [1.29, 1.82) is 0 Å². The van der Waals surface area contributed by atoms with Crippen LogP contribution in [0.5, 0.6) is 0 Å². The maximum atomic E-state index is 2.76. The molecule has 4 aliphatic rings. The van der Waals surface area contributed by atoms with Crippen molar-refractivity contribution in [3.8, 4) is 0 Å². The molecule has 2 aliphatic heterocycles. The highest BCUT2D eigenvalue weighted by Crippen LogP contribution is 2.54. The zero-order valence-corrected chi connectivity index (χ0v) is 41.5. The van der Waals surface area contributed by atoms with E-state index < -0.39 is 0 Å². The summed E-state index contributed by atoms with van der Waals surface area (Å²) in [5, 5.41) is 2.75. The van der Waals surface area contributed by atoms with Crippen LogP contribution in [0.25, 0.3) is 10.1 Å². The Balaban J connectivity index is 1.38. The Hall–Kier alpha value is -4.28. The molecule has 0 bridgehead atoms. The second-order valence-corrected chi connectivity index (χ2v) is 25.6. The molecule has 0 saturated carbocycles. The number of rotatable bonds is 2. The number of nitrogens with zero attached hydrogens (tertiary/aromatic N) is 2. The lowest BCUT2D eigenvalue weighted by Crippen LogP contribution is -2.61. The fourth-order valence-corrected chi connectivity index (χ4v) is 13.0. The van der Waals surface area contributed by atoms with Gasteiger partial charge in [-0.15, -0.1) is 11.3 Å². The van der Waals surface area contributed by atoms with Crippen molar-refractivity contribution < 1.29 is 0 Å². The fraction of sp³-hybridized carbons (Fsp3) is 0.448. The predicted molar refractivity (Wildman–Crippen MR) is 273 cm³/mol. The van der Waals surface area contributed by atoms with Gasteiger partial charge in [-0.2, -0.15) is 0 Å². The Labute approximate surface area is 378 Å². The molecule has 2 nitrogen and oxygen atoms in total. The molecule has 6 aromatic rings. The average molecular weight is 837 g/mol. The fourth-order valence-electron chi connectivity index (χ4n) is 11.7. The summed E-state index contributed by atoms with van der Waals surface area (Å²) in [6, 6.07) is 32.5. The molecule has 1 aromatic heterocycles. The summed E-state index contributed by atoms with van der Waals surface area (Å²) in [6.45, 7) is 38.8. The van der Waals surface area contributed by atoms with Gasteiger partial charge in [0.15, 0.2) is 0 Å². The smallest absolute Gasteiger partial charge is 0.254 e. The van der Waals surface area contributed by atoms with Gasteiger partial charge in [0.25, 0.3) is 6.71 Å². The van der Waals surface area contributed by atoms with Crippen molar-refractivity contribution in [2.75, 3.05) is 9.80 Å². The second kappa shape index (κ2) is 13.2. The summed E-state index contributed by atoms with van der Waals surface area (Å²) in [5.74, 6) is 0. The lowest BCUT2D eigenvalue weighted by molar-refractivity contribution is 0.331. The van der Waals surface area contributed by atoms with Crippen LogP contribution in [0.15, 0.2) is 78.9 Å². The molecule has 0 atom stereocenters. The molecule has 2 aliphatic carbocycles. The lowest BCUT2D eigenvalue weighted by atomic mass is 9.33. The Morgan fingerprint density at radius 1 is 0.500 bits per heavy atom. The van der Waals surface area contributed by atoms with E-state index >= 15 is 0 Å². The van der Waals surface area contributed by atoms with Gasteiger partial charge in [0.1, 0.15) is 0 Å². The first-order valence-electron chi connectivity index (χ1n) is 23.6. The minimum Gasteiger partial charge on any atom is -0.311 e. The molecule has 0 N–H and O–H groups in total. The van der Waals surface area contributed by atoms with Crippen LogP contribution in [0.3, 0.4) is 0 Å². The number of anilines is 6. The number of benzene rings is 5. The largest absolute Gasteiger partial charge is 0.311 e. The summed E-state index contributed by atoms with van der Waals surface area (Å²) >= 11 is 1.98. The Kier molecular flexibility index (Phi) is 8.85. The van der Waals surface area contributed by atoms with Crippen molar-refractivity contribution >= 4 is 78.0 Å². The van der Waals surface area contributed by atoms with Crippen molar-refractivity contribution in [3.63, 3.8) is 0 Å². The van der Waals surface area contributed by atoms with Crippen LogP contribution in [-0.2, 0) is 32.5 Å². The van der Waals surface area contributed by atoms with Crippen LogP contribution in [0.1, 0.15) is 167 Å². The molecular weight excluding hydrogens is 768 g/mol. The van der Waals surface area contributed by atoms with Crippen molar-refractivity contribution in [2.45, 2.75) is 169 Å². The Morgan fingerprint density at radius 3 is 1.55 bits per heavy atom. The summed E-state index contributed by atoms with van der Waals surface area (Å²) in [4.78, 5) is 5.42. The molecule has 0 amide bonds. The van der Waals surface area contributed by atoms with Gasteiger partial charge >= 0.3 is 0 Å². The van der Waals surface area contributed by atoms with Crippen LogP contribution in [0, 0.1) is 13.8 Å². The van der Waals surface area contributed by atoms with E-state index in [9.17, 15) is 0 Å². The lowest BCUT2D eigenvalue weighted by Gasteiger charge is -2.48. The molecule has 3 heterocycles. The normalized spacial score (nSPS) is 19.1. The zero-order valence-electron chi connectivity index (χ0n) is 40.7. The average Bonchev–Trinajstić information content (AvgIpc) is 3.55. The predicted octanol–water partition coefficient (Wildman–Crippen LogP) is 14.9. The van der Waals surface area contributed by atoms with Crippen LogP contribution in [0.2, 0.25) is 0 Å². The van der Waals surface area contributed by atoms with E-state index in [0.29, 0.717) is 0 Å². The van der Waals surface area contributed by atoms with Crippen LogP contribution >= 0.6 is 11.3 Å². The number of hydrogen-bond acceptors (Lipinski definition) is 3. The molecule has 62 heavy (non-hydrogen) atoms. The SMILES string of the molecule is Cc1ccc2sc3c(c2c1)B1c2cc4c(cc2N(c2cc5c(cc2C)C(C)(C)CCC5(C)C)c2cc(C(C)(C)C)cc(c21)N3c1ccc(C(C)(C)C)cc1)C(C)(C)CCC4(C)C.